The molecule has 0 saturated carbocycles. The van der Waals surface area contributed by atoms with Gasteiger partial charge in [-0.15, -0.1) is 0 Å². The fourth-order valence-corrected chi connectivity index (χ4v) is 2.98. The molecule has 1 nitrogen and oxygen atoms in total. The molecule has 0 radical (unpaired) electrons. The Hall–Kier alpha value is -1.42. The smallest absolute Gasteiger partial charge is 0.125 e. The van der Waals surface area contributed by atoms with Crippen molar-refractivity contribution in [3.63, 3.8) is 0 Å². The Labute approximate surface area is 119 Å². The van der Waals surface area contributed by atoms with Crippen molar-refractivity contribution in [2.24, 2.45) is 0 Å². The van der Waals surface area contributed by atoms with Crippen LogP contribution in [0.5, 0.6) is 0 Å². The van der Waals surface area contributed by atoms with Gasteiger partial charge in [-0.2, -0.15) is 0 Å². The molecule has 1 aliphatic heterocycles. The van der Waals surface area contributed by atoms with Crippen molar-refractivity contribution in [1.29, 1.82) is 0 Å². The average molecular weight is 324 g/mol. The SMILES string of the molecule is Fc1ccc(N2CCc3ccc(F)cc32)c(CBr)c1. The van der Waals surface area contributed by atoms with Crippen molar-refractivity contribution in [2.75, 3.05) is 11.4 Å². The first-order chi connectivity index (χ1) is 9.19. The molecular formula is C15H12BrF2N. The second-order valence-corrected chi connectivity index (χ2v) is 5.14. The predicted octanol–water partition coefficient (Wildman–Crippen LogP) is 4.55. The van der Waals surface area contributed by atoms with Crippen LogP contribution < -0.4 is 4.90 Å². The van der Waals surface area contributed by atoms with Crippen molar-refractivity contribution >= 4 is 27.3 Å². The third-order valence-electron chi connectivity index (χ3n) is 3.42. The number of alkyl halides is 1. The molecule has 0 atom stereocenters. The monoisotopic (exact) mass is 323 g/mol. The number of hydrogen-bond donors (Lipinski definition) is 0. The molecule has 0 amide bonds. The summed E-state index contributed by atoms with van der Waals surface area (Å²) >= 11 is 3.38. The quantitative estimate of drug-likeness (QED) is 0.733. The molecule has 4 heteroatoms. The maximum absolute atomic E-state index is 13.4. The van der Waals surface area contributed by atoms with Gasteiger partial charge in [-0.3, -0.25) is 0 Å². The lowest BCUT2D eigenvalue weighted by Gasteiger charge is -2.22. The van der Waals surface area contributed by atoms with E-state index in [1.165, 1.54) is 18.2 Å². The van der Waals surface area contributed by atoms with Crippen LogP contribution >= 0.6 is 15.9 Å². The highest BCUT2D eigenvalue weighted by Gasteiger charge is 2.22. The van der Waals surface area contributed by atoms with Crippen LogP contribution in [0.15, 0.2) is 36.4 Å². The van der Waals surface area contributed by atoms with Crippen LogP contribution in [0.25, 0.3) is 0 Å². The Morgan fingerprint density at radius 2 is 1.74 bits per heavy atom. The van der Waals surface area contributed by atoms with Gasteiger partial charge in [0.1, 0.15) is 11.6 Å². The van der Waals surface area contributed by atoms with E-state index in [2.05, 4.69) is 20.8 Å². The summed E-state index contributed by atoms with van der Waals surface area (Å²) in [6.07, 6.45) is 0.884. The van der Waals surface area contributed by atoms with Crippen molar-refractivity contribution in [2.45, 2.75) is 11.8 Å². The molecular weight excluding hydrogens is 312 g/mol. The molecule has 0 saturated heterocycles. The lowest BCUT2D eigenvalue weighted by molar-refractivity contribution is 0.625. The van der Waals surface area contributed by atoms with E-state index in [1.807, 2.05) is 6.07 Å². The topological polar surface area (TPSA) is 3.24 Å². The predicted molar refractivity (Wildman–Crippen MR) is 76.1 cm³/mol. The first-order valence-corrected chi connectivity index (χ1v) is 7.21. The molecule has 0 N–H and O–H groups in total. The fraction of sp³-hybridized carbons (Fsp3) is 0.200. The number of anilines is 2. The first-order valence-electron chi connectivity index (χ1n) is 6.09. The van der Waals surface area contributed by atoms with Gasteiger partial charge in [0.05, 0.1) is 0 Å². The number of halogens is 3. The highest BCUT2D eigenvalue weighted by molar-refractivity contribution is 9.08. The van der Waals surface area contributed by atoms with Gasteiger partial charge in [-0.25, -0.2) is 8.78 Å². The number of hydrogen-bond acceptors (Lipinski definition) is 1. The van der Waals surface area contributed by atoms with Gasteiger partial charge < -0.3 is 4.90 Å². The Kier molecular flexibility index (Phi) is 3.27. The van der Waals surface area contributed by atoms with E-state index in [0.29, 0.717) is 5.33 Å². The highest BCUT2D eigenvalue weighted by atomic mass is 79.9. The summed E-state index contributed by atoms with van der Waals surface area (Å²) in [4.78, 5) is 2.05. The summed E-state index contributed by atoms with van der Waals surface area (Å²) in [6.45, 7) is 0.796. The van der Waals surface area contributed by atoms with Gasteiger partial charge in [0, 0.05) is 23.2 Å². The maximum atomic E-state index is 13.4. The van der Waals surface area contributed by atoms with Crippen LogP contribution in [0.1, 0.15) is 11.1 Å². The largest absolute Gasteiger partial charge is 0.341 e. The molecule has 0 bridgehead atoms. The molecule has 3 rings (SSSR count). The van der Waals surface area contributed by atoms with E-state index in [4.69, 9.17) is 0 Å². The first kappa shape index (κ1) is 12.6. The number of benzene rings is 2. The van der Waals surface area contributed by atoms with E-state index in [0.717, 1.165) is 35.5 Å². The molecule has 1 heterocycles. The van der Waals surface area contributed by atoms with Crippen molar-refractivity contribution in [3.05, 3.63) is 59.2 Å². The molecule has 0 aliphatic carbocycles. The molecule has 19 heavy (non-hydrogen) atoms. The summed E-state index contributed by atoms with van der Waals surface area (Å²) in [5.74, 6) is -0.495. The normalized spacial score (nSPS) is 13.7. The molecule has 98 valence electrons. The highest BCUT2D eigenvalue weighted by Crippen LogP contribution is 2.37. The van der Waals surface area contributed by atoms with E-state index in [1.54, 1.807) is 12.1 Å². The minimum Gasteiger partial charge on any atom is -0.341 e. The fourth-order valence-electron chi connectivity index (χ4n) is 2.53. The third-order valence-corrected chi connectivity index (χ3v) is 4.02. The zero-order valence-corrected chi connectivity index (χ0v) is 11.8. The van der Waals surface area contributed by atoms with Crippen LogP contribution in [-0.4, -0.2) is 6.54 Å². The summed E-state index contributed by atoms with van der Waals surface area (Å²) in [5, 5.41) is 0.571. The molecule has 2 aromatic carbocycles. The van der Waals surface area contributed by atoms with Crippen molar-refractivity contribution < 1.29 is 8.78 Å². The zero-order chi connectivity index (χ0) is 13.4. The van der Waals surface area contributed by atoms with Crippen LogP contribution in [0.4, 0.5) is 20.2 Å². The average Bonchev–Trinajstić information content (AvgIpc) is 2.81. The molecule has 0 spiro atoms. The lowest BCUT2D eigenvalue weighted by atomic mass is 10.1. The molecule has 0 fully saturated rings. The molecule has 2 aromatic rings. The minimum atomic E-state index is -0.253. The summed E-state index contributed by atoms with van der Waals surface area (Å²) in [6, 6.07) is 9.57. The van der Waals surface area contributed by atoms with Gasteiger partial charge in [-0.05, 0) is 47.9 Å². The summed E-state index contributed by atoms with van der Waals surface area (Å²) in [7, 11) is 0. The van der Waals surface area contributed by atoms with E-state index < -0.39 is 0 Å². The van der Waals surface area contributed by atoms with Crippen LogP contribution in [0, 0.1) is 11.6 Å². The minimum absolute atomic E-state index is 0.242. The van der Waals surface area contributed by atoms with E-state index in [-0.39, 0.29) is 11.6 Å². The molecule has 0 aromatic heterocycles. The number of fused-ring (bicyclic) bond motifs is 1. The van der Waals surface area contributed by atoms with Gasteiger partial charge in [-0.1, -0.05) is 22.0 Å². The Balaban J connectivity index is 2.08. The van der Waals surface area contributed by atoms with Crippen LogP contribution in [0.2, 0.25) is 0 Å². The Morgan fingerprint density at radius 3 is 2.53 bits per heavy atom. The van der Waals surface area contributed by atoms with E-state index in [9.17, 15) is 8.78 Å². The number of rotatable bonds is 2. The summed E-state index contributed by atoms with van der Waals surface area (Å²) < 4.78 is 26.7. The third kappa shape index (κ3) is 2.25. The standard InChI is InChI=1S/C15H12BrF2N/c16-9-11-7-12(17)3-4-14(11)19-6-5-10-1-2-13(18)8-15(10)19/h1-4,7-8H,5-6,9H2. The Bertz CT molecular complexity index is 628. The second kappa shape index (κ2) is 4.93. The summed E-state index contributed by atoms with van der Waals surface area (Å²) in [5.41, 5.74) is 3.82. The zero-order valence-electron chi connectivity index (χ0n) is 10.2. The van der Waals surface area contributed by atoms with Gasteiger partial charge in [0.15, 0.2) is 0 Å². The van der Waals surface area contributed by atoms with Crippen LogP contribution in [-0.2, 0) is 11.8 Å². The van der Waals surface area contributed by atoms with Crippen LogP contribution in [0.3, 0.4) is 0 Å². The van der Waals surface area contributed by atoms with Crippen molar-refractivity contribution in [1.82, 2.24) is 0 Å². The van der Waals surface area contributed by atoms with Gasteiger partial charge >= 0.3 is 0 Å². The van der Waals surface area contributed by atoms with E-state index >= 15 is 0 Å². The van der Waals surface area contributed by atoms with Gasteiger partial charge in [0.2, 0.25) is 0 Å². The molecule has 0 unspecified atom stereocenters. The van der Waals surface area contributed by atoms with Gasteiger partial charge in [0.25, 0.3) is 0 Å². The number of nitrogens with zero attached hydrogens (tertiary/aromatic N) is 1. The molecule has 1 aliphatic rings. The maximum Gasteiger partial charge on any atom is 0.125 e. The lowest BCUT2D eigenvalue weighted by Crippen LogP contribution is -2.15. The van der Waals surface area contributed by atoms with Crippen molar-refractivity contribution in [3.8, 4) is 0 Å². The second-order valence-electron chi connectivity index (χ2n) is 4.58. The Morgan fingerprint density at radius 1 is 1.00 bits per heavy atom.